The van der Waals surface area contributed by atoms with E-state index in [-0.39, 0.29) is 5.97 Å². The third kappa shape index (κ3) is 1.56. The second-order valence-electron chi connectivity index (χ2n) is 4.12. The SMILES string of the molecule is COC(=O)c1cccc2c3c(ccc12)=COCC=3. The van der Waals surface area contributed by atoms with Gasteiger partial charge in [0.2, 0.25) is 0 Å². The van der Waals surface area contributed by atoms with E-state index in [2.05, 4.69) is 0 Å². The number of ether oxygens (including phenoxy) is 2. The first-order chi connectivity index (χ1) is 8.81. The van der Waals surface area contributed by atoms with Crippen LogP contribution >= 0.6 is 0 Å². The van der Waals surface area contributed by atoms with E-state index in [9.17, 15) is 4.79 Å². The number of rotatable bonds is 1. The highest BCUT2D eigenvalue weighted by Gasteiger charge is 2.10. The van der Waals surface area contributed by atoms with Crippen LogP contribution in [0, 0.1) is 0 Å². The molecule has 2 aromatic rings. The van der Waals surface area contributed by atoms with Crippen LogP contribution in [0.5, 0.6) is 0 Å². The quantitative estimate of drug-likeness (QED) is 0.702. The maximum absolute atomic E-state index is 11.7. The summed E-state index contributed by atoms with van der Waals surface area (Å²) in [5.41, 5.74) is 0.595. The van der Waals surface area contributed by atoms with E-state index in [0.29, 0.717) is 12.2 Å². The molecule has 1 aliphatic heterocycles. The maximum Gasteiger partial charge on any atom is 0.338 e. The van der Waals surface area contributed by atoms with E-state index in [1.54, 1.807) is 12.3 Å². The molecular weight excluding hydrogens is 228 g/mol. The molecule has 0 atom stereocenters. The molecule has 0 saturated carbocycles. The molecule has 0 amide bonds. The van der Waals surface area contributed by atoms with Crippen LogP contribution in [0.2, 0.25) is 0 Å². The Labute approximate surface area is 104 Å². The lowest BCUT2D eigenvalue weighted by molar-refractivity contribution is 0.0603. The van der Waals surface area contributed by atoms with Gasteiger partial charge in [0.05, 0.1) is 18.9 Å². The van der Waals surface area contributed by atoms with Crippen molar-refractivity contribution >= 4 is 29.1 Å². The Morgan fingerprint density at radius 1 is 1.22 bits per heavy atom. The molecule has 0 saturated heterocycles. The summed E-state index contributed by atoms with van der Waals surface area (Å²) >= 11 is 0. The van der Waals surface area contributed by atoms with E-state index in [0.717, 1.165) is 21.2 Å². The number of benzene rings is 2. The Balaban J connectivity index is 2.43. The van der Waals surface area contributed by atoms with Crippen LogP contribution in [0.4, 0.5) is 0 Å². The van der Waals surface area contributed by atoms with Crippen molar-refractivity contribution in [2.75, 3.05) is 13.7 Å². The summed E-state index contributed by atoms with van der Waals surface area (Å²) in [6.45, 7) is 0.564. The number of carbonyl (C=O) groups excluding carboxylic acids is 1. The Morgan fingerprint density at radius 2 is 2.11 bits per heavy atom. The highest BCUT2D eigenvalue weighted by Crippen LogP contribution is 2.15. The molecule has 3 rings (SSSR count). The molecule has 0 unspecified atom stereocenters. The van der Waals surface area contributed by atoms with Crippen LogP contribution in [-0.2, 0) is 9.47 Å². The van der Waals surface area contributed by atoms with Gasteiger partial charge in [-0.1, -0.05) is 24.3 Å². The summed E-state index contributed by atoms with van der Waals surface area (Å²) in [6.07, 6.45) is 3.78. The van der Waals surface area contributed by atoms with Crippen molar-refractivity contribution < 1.29 is 14.3 Å². The molecule has 0 aromatic heterocycles. The fourth-order valence-electron chi connectivity index (χ4n) is 2.29. The molecule has 18 heavy (non-hydrogen) atoms. The smallest absolute Gasteiger partial charge is 0.338 e. The zero-order valence-corrected chi connectivity index (χ0v) is 9.97. The van der Waals surface area contributed by atoms with Gasteiger partial charge in [-0.2, -0.15) is 0 Å². The lowest BCUT2D eigenvalue weighted by Gasteiger charge is -2.08. The van der Waals surface area contributed by atoms with Gasteiger partial charge in [-0.05, 0) is 28.1 Å². The molecule has 0 fully saturated rings. The van der Waals surface area contributed by atoms with Gasteiger partial charge in [-0.15, -0.1) is 0 Å². The Kier molecular flexibility index (Phi) is 2.52. The summed E-state index contributed by atoms with van der Waals surface area (Å²) < 4.78 is 10.1. The van der Waals surface area contributed by atoms with Gasteiger partial charge in [0.25, 0.3) is 0 Å². The minimum atomic E-state index is -0.309. The molecule has 2 aromatic carbocycles. The van der Waals surface area contributed by atoms with Crippen molar-refractivity contribution in [2.24, 2.45) is 0 Å². The number of hydrogen-bond acceptors (Lipinski definition) is 3. The van der Waals surface area contributed by atoms with Crippen LogP contribution in [0.1, 0.15) is 10.4 Å². The van der Waals surface area contributed by atoms with Crippen LogP contribution in [0.3, 0.4) is 0 Å². The van der Waals surface area contributed by atoms with Gasteiger partial charge < -0.3 is 9.47 Å². The monoisotopic (exact) mass is 240 g/mol. The number of hydrogen-bond donors (Lipinski definition) is 0. The third-order valence-corrected chi connectivity index (χ3v) is 3.14. The number of carbonyl (C=O) groups is 1. The van der Waals surface area contributed by atoms with Crippen molar-refractivity contribution in [2.45, 2.75) is 0 Å². The molecule has 0 N–H and O–H groups in total. The van der Waals surface area contributed by atoms with Gasteiger partial charge in [0.15, 0.2) is 0 Å². The summed E-state index contributed by atoms with van der Waals surface area (Å²) in [7, 11) is 1.40. The van der Waals surface area contributed by atoms with Gasteiger partial charge in [-0.25, -0.2) is 4.79 Å². The van der Waals surface area contributed by atoms with Gasteiger partial charge >= 0.3 is 5.97 Å². The number of fused-ring (bicyclic) bond motifs is 3. The standard InChI is InChI=1S/C15H12O3/c1-17-15(16)14-4-2-3-12-11-7-8-18-9-10(11)5-6-13(12)14/h2-7,9H,8H2,1H3. The van der Waals surface area contributed by atoms with E-state index >= 15 is 0 Å². The minimum Gasteiger partial charge on any atom is -0.496 e. The fourth-order valence-corrected chi connectivity index (χ4v) is 2.29. The second-order valence-corrected chi connectivity index (χ2v) is 4.12. The molecule has 90 valence electrons. The molecule has 0 bridgehead atoms. The van der Waals surface area contributed by atoms with Crippen molar-refractivity contribution in [3.05, 3.63) is 46.3 Å². The van der Waals surface area contributed by atoms with Crippen LogP contribution < -0.4 is 10.4 Å². The molecule has 0 spiro atoms. The van der Waals surface area contributed by atoms with Gasteiger partial charge in [0, 0.05) is 5.22 Å². The normalized spacial score (nSPS) is 12.9. The van der Waals surface area contributed by atoms with Crippen molar-refractivity contribution in [1.82, 2.24) is 0 Å². The number of methoxy groups -OCH3 is 1. The van der Waals surface area contributed by atoms with E-state index in [1.165, 1.54) is 7.11 Å². The van der Waals surface area contributed by atoms with Gasteiger partial charge in [0.1, 0.15) is 6.61 Å². The first kappa shape index (κ1) is 10.8. The van der Waals surface area contributed by atoms with Crippen LogP contribution in [0.15, 0.2) is 30.3 Å². The summed E-state index contributed by atoms with van der Waals surface area (Å²) in [5.74, 6) is -0.309. The van der Waals surface area contributed by atoms with Crippen LogP contribution in [-0.4, -0.2) is 19.7 Å². The topological polar surface area (TPSA) is 35.5 Å². The average molecular weight is 240 g/mol. The van der Waals surface area contributed by atoms with Crippen molar-refractivity contribution in [3.63, 3.8) is 0 Å². The maximum atomic E-state index is 11.7. The molecule has 3 heteroatoms. The first-order valence-electron chi connectivity index (χ1n) is 5.73. The third-order valence-electron chi connectivity index (χ3n) is 3.14. The second kappa shape index (κ2) is 4.18. The summed E-state index contributed by atoms with van der Waals surface area (Å²) in [4.78, 5) is 11.7. The Hall–Kier alpha value is -2.29. The van der Waals surface area contributed by atoms with Crippen molar-refractivity contribution in [1.29, 1.82) is 0 Å². The zero-order chi connectivity index (χ0) is 12.5. The highest BCUT2D eigenvalue weighted by atomic mass is 16.5. The summed E-state index contributed by atoms with van der Waals surface area (Å²) in [5, 5.41) is 4.12. The van der Waals surface area contributed by atoms with Crippen molar-refractivity contribution in [3.8, 4) is 0 Å². The lowest BCUT2D eigenvalue weighted by Crippen LogP contribution is -2.29. The highest BCUT2D eigenvalue weighted by molar-refractivity contribution is 6.04. The molecule has 0 radical (unpaired) electrons. The molecule has 0 aliphatic carbocycles. The van der Waals surface area contributed by atoms with E-state index in [4.69, 9.17) is 9.47 Å². The van der Waals surface area contributed by atoms with Crippen LogP contribution in [0.25, 0.3) is 23.1 Å². The Bertz CT molecular complexity index is 744. The molecular formula is C15H12O3. The fraction of sp³-hybridized carbons (Fsp3) is 0.133. The van der Waals surface area contributed by atoms with E-state index < -0.39 is 0 Å². The predicted octanol–water partition coefficient (Wildman–Crippen LogP) is 1.18. The number of esters is 1. The molecule has 1 heterocycles. The Morgan fingerprint density at radius 3 is 2.94 bits per heavy atom. The first-order valence-corrected chi connectivity index (χ1v) is 5.73. The zero-order valence-electron chi connectivity index (χ0n) is 9.97. The predicted molar refractivity (Wildman–Crippen MR) is 69.4 cm³/mol. The molecule has 3 nitrogen and oxygen atoms in total. The largest absolute Gasteiger partial charge is 0.496 e. The minimum absolute atomic E-state index is 0.309. The van der Waals surface area contributed by atoms with Gasteiger partial charge in [-0.3, -0.25) is 0 Å². The summed E-state index contributed by atoms with van der Waals surface area (Å²) in [6, 6.07) is 9.55. The van der Waals surface area contributed by atoms with E-state index in [1.807, 2.05) is 30.3 Å². The average Bonchev–Trinajstić information content (AvgIpc) is 2.45. The lowest BCUT2D eigenvalue weighted by atomic mass is 10.0. The molecule has 1 aliphatic rings.